The third-order valence-corrected chi connectivity index (χ3v) is 3.43. The average molecular weight is 227 g/mol. The van der Waals surface area contributed by atoms with E-state index in [2.05, 4.69) is 5.32 Å². The summed E-state index contributed by atoms with van der Waals surface area (Å²) in [4.78, 5) is 12.2. The lowest BCUT2D eigenvalue weighted by atomic mass is 9.86. The smallest absolute Gasteiger partial charge is 0.315 e. The third-order valence-electron chi connectivity index (χ3n) is 2.55. The fraction of sp³-hybridized carbons (Fsp3) is 0.500. The van der Waals surface area contributed by atoms with Crippen LogP contribution in [0.1, 0.15) is 4.88 Å². The number of carboxylic acid groups (broad SMARTS) is 1. The molecule has 15 heavy (non-hydrogen) atoms. The Labute approximate surface area is 91.9 Å². The van der Waals surface area contributed by atoms with Crippen LogP contribution in [0.4, 0.5) is 0 Å². The van der Waals surface area contributed by atoms with Crippen LogP contribution in [0.25, 0.3) is 0 Å². The first-order valence-corrected chi connectivity index (χ1v) is 5.65. The Balaban J connectivity index is 1.80. The van der Waals surface area contributed by atoms with E-state index in [1.807, 2.05) is 17.5 Å². The molecule has 1 aromatic heterocycles. The summed E-state index contributed by atoms with van der Waals surface area (Å²) in [6.45, 7) is 1.84. The van der Waals surface area contributed by atoms with Gasteiger partial charge in [0.05, 0.1) is 13.2 Å². The molecule has 0 aromatic carbocycles. The van der Waals surface area contributed by atoms with Crippen molar-refractivity contribution in [2.45, 2.75) is 6.54 Å². The number of carboxylic acids is 1. The van der Waals surface area contributed by atoms with Gasteiger partial charge in [0.15, 0.2) is 0 Å². The standard InChI is InChI=1S/C10H13NO3S/c12-9(13)10(6-14-7-10)5-11-4-8-2-1-3-15-8/h1-3,11H,4-7H2,(H,12,13). The monoisotopic (exact) mass is 227 g/mol. The van der Waals surface area contributed by atoms with Crippen LogP contribution in [-0.2, 0) is 16.1 Å². The number of rotatable bonds is 5. The van der Waals surface area contributed by atoms with Crippen LogP contribution in [0.5, 0.6) is 0 Å². The maximum atomic E-state index is 11.0. The molecule has 2 heterocycles. The minimum Gasteiger partial charge on any atom is -0.481 e. The highest BCUT2D eigenvalue weighted by molar-refractivity contribution is 7.09. The predicted molar refractivity (Wildman–Crippen MR) is 56.9 cm³/mol. The van der Waals surface area contributed by atoms with Crippen molar-refractivity contribution in [3.63, 3.8) is 0 Å². The van der Waals surface area contributed by atoms with Crippen molar-refractivity contribution < 1.29 is 14.6 Å². The molecule has 1 fully saturated rings. The fourth-order valence-electron chi connectivity index (χ4n) is 1.49. The van der Waals surface area contributed by atoms with Gasteiger partial charge in [0.25, 0.3) is 0 Å². The van der Waals surface area contributed by atoms with Gasteiger partial charge >= 0.3 is 5.97 Å². The predicted octanol–water partition coefficient (Wildman–Crippen LogP) is 0.939. The highest BCUT2D eigenvalue weighted by Crippen LogP contribution is 2.26. The van der Waals surface area contributed by atoms with Gasteiger partial charge in [-0.05, 0) is 11.4 Å². The molecule has 5 heteroatoms. The molecule has 2 N–H and O–H groups in total. The van der Waals surface area contributed by atoms with Gasteiger partial charge in [-0.15, -0.1) is 11.3 Å². The molecule has 2 rings (SSSR count). The van der Waals surface area contributed by atoms with Gasteiger partial charge < -0.3 is 15.2 Å². The van der Waals surface area contributed by atoms with Gasteiger partial charge in [0.2, 0.25) is 0 Å². The summed E-state index contributed by atoms with van der Waals surface area (Å²) in [6, 6.07) is 4.02. The molecule has 0 spiro atoms. The van der Waals surface area contributed by atoms with Crippen LogP contribution in [0, 0.1) is 5.41 Å². The summed E-state index contributed by atoms with van der Waals surface area (Å²) < 4.78 is 4.97. The Morgan fingerprint density at radius 1 is 1.67 bits per heavy atom. The van der Waals surface area contributed by atoms with E-state index < -0.39 is 11.4 Å². The maximum Gasteiger partial charge on any atom is 0.315 e. The topological polar surface area (TPSA) is 58.6 Å². The lowest BCUT2D eigenvalue weighted by molar-refractivity contribution is -0.178. The van der Waals surface area contributed by atoms with Gasteiger partial charge in [0, 0.05) is 18.0 Å². The number of carbonyl (C=O) groups is 1. The molecule has 0 aliphatic carbocycles. The fourth-order valence-corrected chi connectivity index (χ4v) is 2.16. The van der Waals surface area contributed by atoms with Gasteiger partial charge in [-0.3, -0.25) is 4.79 Å². The highest BCUT2D eigenvalue weighted by Gasteiger charge is 2.45. The Morgan fingerprint density at radius 3 is 2.93 bits per heavy atom. The zero-order chi connectivity index (χ0) is 10.7. The lowest BCUT2D eigenvalue weighted by Gasteiger charge is -2.37. The first-order chi connectivity index (χ1) is 7.23. The van der Waals surface area contributed by atoms with Crippen LogP contribution >= 0.6 is 11.3 Å². The summed E-state index contributed by atoms with van der Waals surface area (Å²) >= 11 is 1.67. The van der Waals surface area contributed by atoms with Gasteiger partial charge in [0.1, 0.15) is 5.41 Å². The van der Waals surface area contributed by atoms with Crippen molar-refractivity contribution in [3.05, 3.63) is 22.4 Å². The molecule has 1 aromatic rings. The van der Waals surface area contributed by atoms with Crippen molar-refractivity contribution in [1.82, 2.24) is 5.32 Å². The summed E-state index contributed by atoms with van der Waals surface area (Å²) in [5.41, 5.74) is -0.697. The van der Waals surface area contributed by atoms with E-state index >= 15 is 0 Å². The maximum absolute atomic E-state index is 11.0. The second-order valence-corrected chi connectivity index (χ2v) is 4.79. The SMILES string of the molecule is O=C(O)C1(CNCc2cccs2)COC1. The van der Waals surface area contributed by atoms with Gasteiger partial charge in [-0.2, -0.15) is 0 Å². The van der Waals surface area contributed by atoms with E-state index in [9.17, 15) is 4.79 Å². The summed E-state index contributed by atoms with van der Waals surface area (Å²) in [7, 11) is 0. The van der Waals surface area contributed by atoms with Crippen LogP contribution < -0.4 is 5.32 Å². The Hall–Kier alpha value is -0.910. The van der Waals surface area contributed by atoms with Crippen LogP contribution in [0.15, 0.2) is 17.5 Å². The normalized spacial score (nSPS) is 18.4. The number of hydrogen-bond donors (Lipinski definition) is 2. The molecule has 4 nitrogen and oxygen atoms in total. The number of ether oxygens (including phenoxy) is 1. The van der Waals surface area contributed by atoms with Crippen LogP contribution in [0.2, 0.25) is 0 Å². The zero-order valence-electron chi connectivity index (χ0n) is 8.23. The van der Waals surface area contributed by atoms with E-state index in [-0.39, 0.29) is 0 Å². The van der Waals surface area contributed by atoms with Gasteiger partial charge in [-0.25, -0.2) is 0 Å². The molecule has 0 unspecified atom stereocenters. The Morgan fingerprint density at radius 2 is 2.47 bits per heavy atom. The largest absolute Gasteiger partial charge is 0.481 e. The van der Waals surface area contributed by atoms with Crippen molar-refractivity contribution >= 4 is 17.3 Å². The van der Waals surface area contributed by atoms with Crippen LogP contribution in [0.3, 0.4) is 0 Å². The van der Waals surface area contributed by atoms with E-state index in [0.29, 0.717) is 19.8 Å². The summed E-state index contributed by atoms with van der Waals surface area (Å²) in [6.07, 6.45) is 0. The third kappa shape index (κ3) is 2.19. The van der Waals surface area contributed by atoms with E-state index in [1.165, 1.54) is 4.88 Å². The van der Waals surface area contributed by atoms with Crippen molar-refractivity contribution in [2.24, 2.45) is 5.41 Å². The highest BCUT2D eigenvalue weighted by atomic mass is 32.1. The number of aliphatic carboxylic acids is 1. The first kappa shape index (κ1) is 10.6. The number of thiophene rings is 1. The summed E-state index contributed by atoms with van der Waals surface area (Å²) in [5.74, 6) is -0.771. The minimum absolute atomic E-state index is 0.319. The molecule has 0 bridgehead atoms. The van der Waals surface area contributed by atoms with E-state index in [1.54, 1.807) is 11.3 Å². The molecule has 82 valence electrons. The molecule has 1 aliphatic heterocycles. The van der Waals surface area contributed by atoms with Gasteiger partial charge in [-0.1, -0.05) is 6.07 Å². The Bertz CT molecular complexity index is 332. The number of hydrogen-bond acceptors (Lipinski definition) is 4. The molecule has 0 saturated carbocycles. The molecule has 1 saturated heterocycles. The van der Waals surface area contributed by atoms with Crippen molar-refractivity contribution in [3.8, 4) is 0 Å². The van der Waals surface area contributed by atoms with E-state index in [0.717, 1.165) is 6.54 Å². The second kappa shape index (κ2) is 4.30. The minimum atomic E-state index is -0.771. The first-order valence-electron chi connectivity index (χ1n) is 4.77. The van der Waals surface area contributed by atoms with E-state index in [4.69, 9.17) is 9.84 Å². The zero-order valence-corrected chi connectivity index (χ0v) is 9.05. The second-order valence-electron chi connectivity index (χ2n) is 3.76. The molecular weight excluding hydrogens is 214 g/mol. The number of nitrogens with one attached hydrogen (secondary N) is 1. The van der Waals surface area contributed by atoms with Crippen molar-refractivity contribution in [1.29, 1.82) is 0 Å². The van der Waals surface area contributed by atoms with Crippen LogP contribution in [-0.4, -0.2) is 30.8 Å². The quantitative estimate of drug-likeness (QED) is 0.786. The molecular formula is C10H13NO3S. The average Bonchev–Trinajstić information content (AvgIpc) is 2.61. The molecule has 1 aliphatic rings. The Kier molecular flexibility index (Phi) is 3.04. The lowest BCUT2D eigenvalue weighted by Crippen LogP contribution is -2.54. The molecule has 0 atom stereocenters. The summed E-state index contributed by atoms with van der Waals surface area (Å²) in [5, 5.41) is 14.2. The molecule has 0 amide bonds. The van der Waals surface area contributed by atoms with Crippen molar-refractivity contribution in [2.75, 3.05) is 19.8 Å². The molecule has 0 radical (unpaired) electrons.